The summed E-state index contributed by atoms with van der Waals surface area (Å²) in [6, 6.07) is 7.95. The average molecular weight is 445 g/mol. The van der Waals surface area contributed by atoms with Crippen molar-refractivity contribution in [2.45, 2.75) is 34.2 Å². The lowest BCUT2D eigenvalue weighted by Crippen LogP contribution is -2.28. The molecule has 0 bridgehead atoms. The van der Waals surface area contributed by atoms with Gasteiger partial charge in [-0.2, -0.15) is 8.42 Å². The zero-order valence-corrected chi connectivity index (χ0v) is 19.3. The molecule has 1 aromatic carbocycles. The third-order valence-electron chi connectivity index (χ3n) is 5.24. The maximum absolute atomic E-state index is 12.7. The van der Waals surface area contributed by atoms with E-state index in [2.05, 4.69) is 45.8 Å². The summed E-state index contributed by atoms with van der Waals surface area (Å²) < 4.78 is 28.7. The predicted octanol–water partition coefficient (Wildman–Crippen LogP) is 2.89. The van der Waals surface area contributed by atoms with Crippen molar-refractivity contribution < 1.29 is 17.4 Å². The van der Waals surface area contributed by atoms with Crippen LogP contribution >= 0.6 is 0 Å². The molecule has 2 aromatic heterocycles. The van der Waals surface area contributed by atoms with E-state index < -0.39 is 10.1 Å². The molecule has 0 radical (unpaired) electrons. The maximum Gasteiger partial charge on any atom is 0.264 e. The molecule has 8 nitrogen and oxygen atoms in total. The zero-order chi connectivity index (χ0) is 22.8. The molecule has 0 aliphatic rings. The Morgan fingerprint density at radius 1 is 1.16 bits per heavy atom. The van der Waals surface area contributed by atoms with Crippen molar-refractivity contribution in [2.75, 3.05) is 24.7 Å². The summed E-state index contributed by atoms with van der Waals surface area (Å²) in [4.78, 5) is 17.3. The Labute approximate surface area is 182 Å². The topological polar surface area (TPSA) is 102 Å². The number of nitrogens with one attached hydrogen (secondary N) is 2. The highest BCUT2D eigenvalue weighted by Gasteiger charge is 2.15. The van der Waals surface area contributed by atoms with Gasteiger partial charge in [-0.25, -0.2) is 4.98 Å². The molecule has 0 aliphatic carbocycles. The number of anilines is 1. The molecule has 0 saturated heterocycles. The fourth-order valence-electron chi connectivity index (χ4n) is 3.40. The summed E-state index contributed by atoms with van der Waals surface area (Å²) in [6.45, 7) is 8.60. The summed E-state index contributed by atoms with van der Waals surface area (Å²) in [6.07, 6.45) is 2.71. The van der Waals surface area contributed by atoms with Gasteiger partial charge in [-0.15, -0.1) is 0 Å². The number of hydrogen-bond donors (Lipinski definition) is 2. The first-order chi connectivity index (χ1) is 14.6. The van der Waals surface area contributed by atoms with Gasteiger partial charge in [0, 0.05) is 25.0 Å². The van der Waals surface area contributed by atoms with Crippen LogP contribution in [0.15, 0.2) is 30.5 Å². The summed E-state index contributed by atoms with van der Waals surface area (Å²) >= 11 is 0. The number of carbonyl (C=O) groups is 1. The molecule has 0 fully saturated rings. The van der Waals surface area contributed by atoms with Crippen molar-refractivity contribution in [1.29, 1.82) is 0 Å². The van der Waals surface area contributed by atoms with Gasteiger partial charge < -0.3 is 15.0 Å². The molecule has 2 N–H and O–H groups in total. The predicted molar refractivity (Wildman–Crippen MR) is 121 cm³/mol. The lowest BCUT2D eigenvalue weighted by atomic mass is 10.0. The molecule has 1 amide bonds. The highest BCUT2D eigenvalue weighted by Crippen LogP contribution is 2.24. The van der Waals surface area contributed by atoms with Crippen LogP contribution in [0.5, 0.6) is 0 Å². The van der Waals surface area contributed by atoms with Crippen molar-refractivity contribution in [3.05, 3.63) is 64.1 Å². The van der Waals surface area contributed by atoms with Gasteiger partial charge in [0.05, 0.1) is 29.8 Å². The number of imidazole rings is 1. The van der Waals surface area contributed by atoms with E-state index in [9.17, 15) is 13.2 Å². The minimum Gasteiger partial charge on any atom is -0.378 e. The van der Waals surface area contributed by atoms with Crippen LogP contribution in [0.3, 0.4) is 0 Å². The largest absolute Gasteiger partial charge is 0.378 e. The SMILES string of the molecule is Cc1cccc(C)c1CNc1cc(C(=O)NCCOS(C)(=O)=O)cn2c(C)c(C)nc12. The molecule has 166 valence electrons. The Hall–Kier alpha value is -2.91. The number of aryl methyl sites for hydroxylation is 4. The number of rotatable bonds is 8. The molecular weight excluding hydrogens is 416 g/mol. The molecule has 0 aliphatic heterocycles. The number of pyridine rings is 1. The number of amides is 1. The minimum absolute atomic E-state index is 0.0804. The maximum atomic E-state index is 12.7. The summed E-state index contributed by atoms with van der Waals surface area (Å²) in [5, 5.41) is 6.13. The first kappa shape index (κ1) is 22.8. The fourth-order valence-corrected chi connectivity index (χ4v) is 3.78. The van der Waals surface area contributed by atoms with E-state index in [1.165, 1.54) is 16.7 Å². The minimum atomic E-state index is -3.54. The van der Waals surface area contributed by atoms with E-state index in [1.54, 1.807) is 12.3 Å². The fraction of sp³-hybridized carbons (Fsp3) is 0.364. The molecule has 9 heteroatoms. The lowest BCUT2D eigenvalue weighted by molar-refractivity contribution is 0.0946. The Balaban J connectivity index is 1.86. The second kappa shape index (κ2) is 9.07. The van der Waals surface area contributed by atoms with Crippen LogP contribution in [0, 0.1) is 27.7 Å². The zero-order valence-electron chi connectivity index (χ0n) is 18.4. The first-order valence-electron chi connectivity index (χ1n) is 9.97. The highest BCUT2D eigenvalue weighted by atomic mass is 32.2. The van der Waals surface area contributed by atoms with E-state index in [-0.39, 0.29) is 19.1 Å². The van der Waals surface area contributed by atoms with Gasteiger partial charge in [-0.1, -0.05) is 18.2 Å². The van der Waals surface area contributed by atoms with E-state index in [4.69, 9.17) is 0 Å². The summed E-state index contributed by atoms with van der Waals surface area (Å²) in [5.41, 5.74) is 7.36. The molecule has 3 rings (SSSR count). The molecule has 0 spiro atoms. The quantitative estimate of drug-likeness (QED) is 0.409. The second-order valence-electron chi connectivity index (χ2n) is 7.62. The van der Waals surface area contributed by atoms with Crippen molar-refractivity contribution >= 4 is 27.4 Å². The van der Waals surface area contributed by atoms with Gasteiger partial charge in [-0.3, -0.25) is 8.98 Å². The van der Waals surface area contributed by atoms with Gasteiger partial charge in [0.2, 0.25) is 0 Å². The van der Waals surface area contributed by atoms with Gasteiger partial charge >= 0.3 is 0 Å². The average Bonchev–Trinajstić information content (AvgIpc) is 2.98. The van der Waals surface area contributed by atoms with E-state index >= 15 is 0 Å². The Morgan fingerprint density at radius 3 is 2.48 bits per heavy atom. The third-order valence-corrected chi connectivity index (χ3v) is 5.84. The van der Waals surface area contributed by atoms with Crippen LogP contribution in [-0.4, -0.2) is 43.1 Å². The summed E-state index contributed by atoms with van der Waals surface area (Å²) in [5.74, 6) is -0.320. The van der Waals surface area contributed by atoms with Crippen LogP contribution in [-0.2, 0) is 20.8 Å². The number of fused-ring (bicyclic) bond motifs is 1. The Bertz CT molecular complexity index is 1210. The van der Waals surface area contributed by atoms with Crippen molar-refractivity contribution in [3.63, 3.8) is 0 Å². The molecule has 0 unspecified atom stereocenters. The molecule has 0 atom stereocenters. The van der Waals surface area contributed by atoms with Gasteiger partial charge in [0.15, 0.2) is 5.65 Å². The first-order valence-corrected chi connectivity index (χ1v) is 11.8. The number of hydrogen-bond acceptors (Lipinski definition) is 6. The Kier molecular flexibility index (Phi) is 6.66. The van der Waals surface area contributed by atoms with Crippen LogP contribution in [0.1, 0.15) is 38.4 Å². The monoisotopic (exact) mass is 444 g/mol. The van der Waals surface area contributed by atoms with Crippen molar-refractivity contribution in [2.24, 2.45) is 0 Å². The van der Waals surface area contributed by atoms with Crippen LogP contribution in [0.25, 0.3) is 5.65 Å². The highest BCUT2D eigenvalue weighted by molar-refractivity contribution is 7.85. The van der Waals surface area contributed by atoms with Crippen LogP contribution < -0.4 is 10.6 Å². The molecular formula is C22H28N4O4S. The van der Waals surface area contributed by atoms with E-state index in [1.807, 2.05) is 24.3 Å². The van der Waals surface area contributed by atoms with Crippen molar-refractivity contribution in [1.82, 2.24) is 14.7 Å². The molecule has 0 saturated carbocycles. The van der Waals surface area contributed by atoms with Gasteiger partial charge in [0.1, 0.15) is 0 Å². The van der Waals surface area contributed by atoms with Crippen LogP contribution in [0.2, 0.25) is 0 Å². The van der Waals surface area contributed by atoms with E-state index in [0.717, 1.165) is 29.0 Å². The lowest BCUT2D eigenvalue weighted by Gasteiger charge is -2.14. The number of benzene rings is 1. The van der Waals surface area contributed by atoms with Gasteiger partial charge in [-0.05, 0) is 50.5 Å². The van der Waals surface area contributed by atoms with Gasteiger partial charge in [0.25, 0.3) is 16.0 Å². The standard InChI is InChI=1S/C22H28N4O4S/c1-14-7-6-8-15(2)19(14)12-24-20-11-18(13-26-17(4)16(3)25-21(20)26)22(27)23-9-10-30-31(5,28)29/h6-8,11,13,24H,9-10,12H2,1-5H3,(H,23,27). The summed E-state index contributed by atoms with van der Waals surface area (Å²) in [7, 11) is -3.54. The molecule has 3 aromatic rings. The number of nitrogens with zero attached hydrogens (tertiary/aromatic N) is 2. The number of carbonyl (C=O) groups excluding carboxylic acids is 1. The molecule has 2 heterocycles. The van der Waals surface area contributed by atoms with Crippen molar-refractivity contribution in [3.8, 4) is 0 Å². The number of aromatic nitrogens is 2. The normalized spacial score (nSPS) is 11.6. The smallest absolute Gasteiger partial charge is 0.264 e. The van der Waals surface area contributed by atoms with E-state index in [0.29, 0.717) is 12.1 Å². The Morgan fingerprint density at radius 2 is 1.84 bits per heavy atom. The molecule has 31 heavy (non-hydrogen) atoms. The third kappa shape index (κ3) is 5.42. The second-order valence-corrected chi connectivity index (χ2v) is 9.27. The van der Waals surface area contributed by atoms with Crippen LogP contribution in [0.4, 0.5) is 5.69 Å².